The molecule has 2 aromatic rings. The Morgan fingerprint density at radius 1 is 1.06 bits per heavy atom. The predicted octanol–water partition coefficient (Wildman–Crippen LogP) is 5.15. The fourth-order valence-electron chi connectivity index (χ4n) is 1.79. The van der Waals surface area contributed by atoms with E-state index in [4.69, 9.17) is 11.6 Å². The number of anilines is 1. The van der Waals surface area contributed by atoms with Crippen molar-refractivity contribution >= 4 is 33.2 Å². The quantitative estimate of drug-likeness (QED) is 0.750. The van der Waals surface area contributed by atoms with E-state index in [-0.39, 0.29) is 0 Å². The molecule has 1 N–H and O–H groups in total. The van der Waals surface area contributed by atoms with Gasteiger partial charge in [-0.15, -0.1) is 0 Å². The number of hydrogen-bond donors (Lipinski definition) is 1. The Labute approximate surface area is 121 Å². The zero-order valence-electron chi connectivity index (χ0n) is 10.00. The third-order valence-corrected chi connectivity index (χ3v) is 3.47. The van der Waals surface area contributed by atoms with Crippen molar-refractivity contribution in [2.45, 2.75) is 12.8 Å². The second-order valence-electron chi connectivity index (χ2n) is 4.17. The second-order valence-corrected chi connectivity index (χ2v) is 5.52. The van der Waals surface area contributed by atoms with Crippen LogP contribution in [-0.4, -0.2) is 6.54 Å². The summed E-state index contributed by atoms with van der Waals surface area (Å²) in [6, 6.07) is 16.3. The molecular weight excluding hydrogens is 310 g/mol. The van der Waals surface area contributed by atoms with Gasteiger partial charge in [0.05, 0.1) is 0 Å². The lowest BCUT2D eigenvalue weighted by molar-refractivity contribution is 0.863. The Morgan fingerprint density at radius 3 is 2.56 bits per heavy atom. The van der Waals surface area contributed by atoms with E-state index in [0.717, 1.165) is 34.6 Å². The minimum absolute atomic E-state index is 0.813. The van der Waals surface area contributed by atoms with Crippen molar-refractivity contribution in [1.82, 2.24) is 0 Å². The van der Waals surface area contributed by atoms with Gasteiger partial charge in [-0.25, -0.2) is 0 Å². The highest BCUT2D eigenvalue weighted by atomic mass is 79.9. The molecule has 0 aliphatic heterocycles. The first-order valence-corrected chi connectivity index (χ1v) is 7.15. The lowest BCUT2D eigenvalue weighted by Gasteiger charge is -2.06. The normalized spacial score (nSPS) is 10.3. The van der Waals surface area contributed by atoms with E-state index in [1.165, 1.54) is 5.56 Å². The molecule has 0 fully saturated rings. The molecule has 0 aliphatic carbocycles. The topological polar surface area (TPSA) is 12.0 Å². The number of aryl methyl sites for hydroxylation is 1. The van der Waals surface area contributed by atoms with Gasteiger partial charge in [-0.3, -0.25) is 0 Å². The first-order chi connectivity index (χ1) is 8.74. The largest absolute Gasteiger partial charge is 0.385 e. The zero-order valence-corrected chi connectivity index (χ0v) is 12.3. The second kappa shape index (κ2) is 6.81. The zero-order chi connectivity index (χ0) is 12.8. The van der Waals surface area contributed by atoms with Crippen LogP contribution in [-0.2, 0) is 6.42 Å². The van der Waals surface area contributed by atoms with Crippen molar-refractivity contribution in [1.29, 1.82) is 0 Å². The van der Waals surface area contributed by atoms with Crippen molar-refractivity contribution in [2.24, 2.45) is 0 Å². The molecule has 0 unspecified atom stereocenters. The minimum atomic E-state index is 0.813. The summed E-state index contributed by atoms with van der Waals surface area (Å²) in [7, 11) is 0. The Balaban J connectivity index is 1.74. The van der Waals surface area contributed by atoms with Crippen LogP contribution < -0.4 is 5.32 Å². The fourth-order valence-corrected chi connectivity index (χ4v) is 2.26. The van der Waals surface area contributed by atoms with Gasteiger partial charge in [0, 0.05) is 21.7 Å². The molecule has 0 bridgehead atoms. The molecule has 0 radical (unpaired) electrons. The SMILES string of the molecule is Clc1cccc(CCCNc2ccc(Br)cc2)c1. The number of benzene rings is 2. The summed E-state index contributed by atoms with van der Waals surface area (Å²) in [6.45, 7) is 0.966. The highest BCUT2D eigenvalue weighted by Gasteiger charge is 1.95. The maximum Gasteiger partial charge on any atom is 0.0408 e. The van der Waals surface area contributed by atoms with Gasteiger partial charge in [0.1, 0.15) is 0 Å². The van der Waals surface area contributed by atoms with Crippen LogP contribution in [0.2, 0.25) is 5.02 Å². The molecule has 1 nitrogen and oxygen atoms in total. The van der Waals surface area contributed by atoms with Gasteiger partial charge in [-0.1, -0.05) is 39.7 Å². The standard InChI is InChI=1S/C15H15BrClN/c16-13-6-8-15(9-7-13)18-10-2-4-12-3-1-5-14(17)11-12/h1,3,5-9,11,18H,2,4,10H2. The summed E-state index contributed by atoms with van der Waals surface area (Å²) in [4.78, 5) is 0. The Bertz CT molecular complexity index is 496. The lowest BCUT2D eigenvalue weighted by atomic mass is 10.1. The van der Waals surface area contributed by atoms with E-state index in [9.17, 15) is 0 Å². The maximum absolute atomic E-state index is 5.95. The molecule has 0 spiro atoms. The average molecular weight is 325 g/mol. The Kier molecular flexibility index (Phi) is 5.09. The van der Waals surface area contributed by atoms with E-state index in [1.807, 2.05) is 30.3 Å². The molecule has 0 amide bonds. The van der Waals surface area contributed by atoms with Crippen LogP contribution in [0.4, 0.5) is 5.69 Å². The van der Waals surface area contributed by atoms with Crippen LogP contribution >= 0.6 is 27.5 Å². The summed E-state index contributed by atoms with van der Waals surface area (Å²) in [5, 5.41) is 4.22. The highest BCUT2D eigenvalue weighted by Crippen LogP contribution is 2.15. The molecule has 2 rings (SSSR count). The molecule has 18 heavy (non-hydrogen) atoms. The van der Waals surface area contributed by atoms with Crippen molar-refractivity contribution in [2.75, 3.05) is 11.9 Å². The molecule has 94 valence electrons. The highest BCUT2D eigenvalue weighted by molar-refractivity contribution is 9.10. The van der Waals surface area contributed by atoms with Gasteiger partial charge in [0.25, 0.3) is 0 Å². The summed E-state index contributed by atoms with van der Waals surface area (Å²) < 4.78 is 1.10. The van der Waals surface area contributed by atoms with Crippen LogP contribution in [0.5, 0.6) is 0 Å². The molecule has 0 aromatic heterocycles. The van der Waals surface area contributed by atoms with E-state index >= 15 is 0 Å². The van der Waals surface area contributed by atoms with Crippen LogP contribution in [0.15, 0.2) is 53.0 Å². The molecule has 0 saturated heterocycles. The molecular formula is C15H15BrClN. The van der Waals surface area contributed by atoms with Gasteiger partial charge in [-0.05, 0) is 54.8 Å². The summed E-state index contributed by atoms with van der Waals surface area (Å²) >= 11 is 9.37. The van der Waals surface area contributed by atoms with Crippen LogP contribution in [0.1, 0.15) is 12.0 Å². The molecule has 0 atom stereocenters. The van der Waals surface area contributed by atoms with Crippen LogP contribution in [0, 0.1) is 0 Å². The third-order valence-electron chi connectivity index (χ3n) is 2.70. The average Bonchev–Trinajstić information content (AvgIpc) is 2.37. The number of rotatable bonds is 5. The van der Waals surface area contributed by atoms with Gasteiger partial charge >= 0.3 is 0 Å². The first kappa shape index (κ1) is 13.4. The van der Waals surface area contributed by atoms with Gasteiger partial charge in [0.15, 0.2) is 0 Å². The Hall–Kier alpha value is -0.990. The number of halogens is 2. The van der Waals surface area contributed by atoms with E-state index in [0.29, 0.717) is 0 Å². The molecule has 2 aromatic carbocycles. The molecule has 0 saturated carbocycles. The maximum atomic E-state index is 5.95. The van der Waals surface area contributed by atoms with E-state index in [2.05, 4.69) is 39.4 Å². The molecule has 3 heteroatoms. The molecule has 0 heterocycles. The summed E-state index contributed by atoms with van der Waals surface area (Å²) in [5.74, 6) is 0. The van der Waals surface area contributed by atoms with Crippen molar-refractivity contribution in [3.63, 3.8) is 0 Å². The van der Waals surface area contributed by atoms with Crippen molar-refractivity contribution < 1.29 is 0 Å². The number of hydrogen-bond acceptors (Lipinski definition) is 1. The van der Waals surface area contributed by atoms with Crippen molar-refractivity contribution in [3.05, 3.63) is 63.6 Å². The lowest BCUT2D eigenvalue weighted by Crippen LogP contribution is -2.02. The van der Waals surface area contributed by atoms with Gasteiger partial charge < -0.3 is 5.32 Å². The minimum Gasteiger partial charge on any atom is -0.385 e. The number of nitrogens with one attached hydrogen (secondary N) is 1. The van der Waals surface area contributed by atoms with Crippen molar-refractivity contribution in [3.8, 4) is 0 Å². The fraction of sp³-hybridized carbons (Fsp3) is 0.200. The smallest absolute Gasteiger partial charge is 0.0408 e. The predicted molar refractivity (Wildman–Crippen MR) is 82.4 cm³/mol. The monoisotopic (exact) mass is 323 g/mol. The molecule has 0 aliphatic rings. The van der Waals surface area contributed by atoms with E-state index < -0.39 is 0 Å². The third kappa shape index (κ3) is 4.35. The summed E-state index contributed by atoms with van der Waals surface area (Å²) in [5.41, 5.74) is 2.45. The van der Waals surface area contributed by atoms with Crippen LogP contribution in [0.3, 0.4) is 0 Å². The van der Waals surface area contributed by atoms with Gasteiger partial charge in [-0.2, -0.15) is 0 Å². The first-order valence-electron chi connectivity index (χ1n) is 5.98. The van der Waals surface area contributed by atoms with Gasteiger partial charge in [0.2, 0.25) is 0 Å². The van der Waals surface area contributed by atoms with E-state index in [1.54, 1.807) is 0 Å². The Morgan fingerprint density at radius 2 is 1.83 bits per heavy atom. The summed E-state index contributed by atoms with van der Waals surface area (Å²) in [6.07, 6.45) is 2.14. The van der Waals surface area contributed by atoms with Crippen LogP contribution in [0.25, 0.3) is 0 Å².